The molecule has 5 aromatic rings. The van der Waals surface area contributed by atoms with E-state index >= 15 is 0 Å². The molecule has 2 amide bonds. The number of urea groups is 1. The molecule has 0 atom stereocenters. The number of anilines is 4. The van der Waals surface area contributed by atoms with Gasteiger partial charge < -0.3 is 30.2 Å². The highest BCUT2D eigenvalue weighted by molar-refractivity contribution is 6.00. The van der Waals surface area contributed by atoms with Gasteiger partial charge in [0.25, 0.3) is 0 Å². The third-order valence-corrected chi connectivity index (χ3v) is 5.98. The van der Waals surface area contributed by atoms with Gasteiger partial charge in [0.05, 0.1) is 31.0 Å². The van der Waals surface area contributed by atoms with Crippen molar-refractivity contribution in [2.75, 3.05) is 30.2 Å². The number of rotatable bonds is 8. The van der Waals surface area contributed by atoms with Crippen LogP contribution in [-0.4, -0.2) is 25.2 Å². The van der Waals surface area contributed by atoms with Gasteiger partial charge in [0, 0.05) is 40.8 Å². The molecule has 0 fully saturated rings. The number of para-hydroxylation sites is 1. The minimum absolute atomic E-state index is 0.352. The largest absolute Gasteiger partial charge is 0.493 e. The van der Waals surface area contributed by atoms with E-state index in [4.69, 9.17) is 14.2 Å². The average molecular weight is 532 g/mol. The molecule has 1 aromatic heterocycles. The molecule has 3 N–H and O–H groups in total. The molecule has 0 radical (unpaired) electrons. The maximum atomic E-state index is 12.3. The van der Waals surface area contributed by atoms with Gasteiger partial charge >= 0.3 is 6.03 Å². The van der Waals surface area contributed by atoms with Crippen LogP contribution in [0.1, 0.15) is 5.56 Å². The molecule has 9 heteroatoms. The molecule has 9 nitrogen and oxygen atoms in total. The second kappa shape index (κ2) is 11.8. The summed E-state index contributed by atoms with van der Waals surface area (Å²) in [7, 11) is 3.12. The highest BCUT2D eigenvalue weighted by atomic mass is 16.5. The third-order valence-electron chi connectivity index (χ3n) is 5.98. The number of benzene rings is 4. The fraction of sp³-hybridized carbons (Fsp3) is 0.0645. The second-order valence-corrected chi connectivity index (χ2v) is 8.61. The number of ether oxygens (including phenoxy) is 3. The molecule has 0 aliphatic rings. The van der Waals surface area contributed by atoms with Crippen molar-refractivity contribution in [1.82, 2.24) is 4.98 Å². The number of fused-ring (bicyclic) bond motifs is 1. The van der Waals surface area contributed by atoms with Crippen LogP contribution in [0.15, 0.2) is 97.2 Å². The van der Waals surface area contributed by atoms with E-state index in [1.165, 1.54) is 6.20 Å². The van der Waals surface area contributed by atoms with Crippen LogP contribution in [0.25, 0.3) is 10.9 Å². The zero-order valence-corrected chi connectivity index (χ0v) is 21.8. The Morgan fingerprint density at radius 1 is 0.775 bits per heavy atom. The molecule has 0 bridgehead atoms. The van der Waals surface area contributed by atoms with Crippen LogP contribution in [0.4, 0.5) is 27.5 Å². The standard InChI is InChI=1S/C31H25N5O4/c1-38-28-16-26-27(17-29(28)39-2)33-19-20(18-32)30(26)34-22-11-13-24(14-12-22)40-25-10-6-9-23(15-25)36-31(37)35-21-7-4-3-5-8-21/h3-17,19H,1-2H3,(H,33,34)(H2,35,36,37). The molecule has 1 heterocycles. The van der Waals surface area contributed by atoms with Crippen LogP contribution < -0.4 is 30.2 Å². The summed E-state index contributed by atoms with van der Waals surface area (Å²) in [6.45, 7) is 0. The van der Waals surface area contributed by atoms with E-state index in [-0.39, 0.29) is 6.03 Å². The van der Waals surface area contributed by atoms with Crippen molar-refractivity contribution in [2.24, 2.45) is 0 Å². The summed E-state index contributed by atoms with van der Waals surface area (Å²) in [5.41, 5.74) is 3.69. The molecule has 4 aromatic carbocycles. The SMILES string of the molecule is COc1cc2ncc(C#N)c(Nc3ccc(Oc4cccc(NC(=O)Nc5ccccc5)c4)cc3)c2cc1OC. The summed E-state index contributed by atoms with van der Waals surface area (Å²) in [5.74, 6) is 2.25. The van der Waals surface area contributed by atoms with Crippen molar-refractivity contribution in [3.05, 3.63) is 103 Å². The smallest absolute Gasteiger partial charge is 0.323 e. The van der Waals surface area contributed by atoms with Gasteiger partial charge in [0.1, 0.15) is 17.6 Å². The Balaban J connectivity index is 1.30. The van der Waals surface area contributed by atoms with Crippen LogP contribution >= 0.6 is 0 Å². The first kappa shape index (κ1) is 25.9. The zero-order valence-electron chi connectivity index (χ0n) is 21.8. The van der Waals surface area contributed by atoms with Crippen molar-refractivity contribution < 1.29 is 19.0 Å². The van der Waals surface area contributed by atoms with E-state index in [1.54, 1.807) is 50.6 Å². The minimum Gasteiger partial charge on any atom is -0.493 e. The summed E-state index contributed by atoms with van der Waals surface area (Å²) >= 11 is 0. The quantitative estimate of drug-likeness (QED) is 0.192. The lowest BCUT2D eigenvalue weighted by Gasteiger charge is -2.15. The van der Waals surface area contributed by atoms with Crippen molar-refractivity contribution in [2.45, 2.75) is 0 Å². The number of nitrogens with zero attached hydrogens (tertiary/aromatic N) is 2. The highest BCUT2D eigenvalue weighted by Gasteiger charge is 2.14. The van der Waals surface area contributed by atoms with Crippen LogP contribution in [0, 0.1) is 11.3 Å². The molecule has 0 saturated heterocycles. The Morgan fingerprint density at radius 3 is 2.20 bits per heavy atom. The number of aromatic nitrogens is 1. The number of pyridine rings is 1. The lowest BCUT2D eigenvalue weighted by Crippen LogP contribution is -2.19. The van der Waals surface area contributed by atoms with Crippen LogP contribution in [0.3, 0.4) is 0 Å². The molecule has 198 valence electrons. The van der Waals surface area contributed by atoms with Crippen molar-refractivity contribution in [3.63, 3.8) is 0 Å². The summed E-state index contributed by atoms with van der Waals surface area (Å²) in [6.07, 6.45) is 1.52. The normalized spacial score (nSPS) is 10.3. The number of carbonyl (C=O) groups is 1. The lowest BCUT2D eigenvalue weighted by molar-refractivity contribution is 0.262. The first-order chi connectivity index (χ1) is 19.6. The molecule has 0 aliphatic heterocycles. The van der Waals surface area contributed by atoms with E-state index < -0.39 is 0 Å². The van der Waals surface area contributed by atoms with Gasteiger partial charge in [0.15, 0.2) is 11.5 Å². The van der Waals surface area contributed by atoms with E-state index in [1.807, 2.05) is 54.6 Å². The Kier molecular flexibility index (Phi) is 7.60. The Hall–Kier alpha value is -5.75. The zero-order chi connectivity index (χ0) is 27.9. The summed E-state index contributed by atoms with van der Waals surface area (Å²) < 4.78 is 16.8. The van der Waals surface area contributed by atoms with Gasteiger partial charge in [-0.2, -0.15) is 5.26 Å². The maximum absolute atomic E-state index is 12.3. The van der Waals surface area contributed by atoms with Gasteiger partial charge in [-0.3, -0.25) is 4.98 Å². The lowest BCUT2D eigenvalue weighted by atomic mass is 10.1. The second-order valence-electron chi connectivity index (χ2n) is 8.61. The Morgan fingerprint density at radius 2 is 1.48 bits per heavy atom. The number of nitriles is 1. The predicted octanol–water partition coefficient (Wildman–Crippen LogP) is 7.30. The van der Waals surface area contributed by atoms with Gasteiger partial charge in [-0.25, -0.2) is 4.79 Å². The molecular formula is C31H25N5O4. The molecular weight excluding hydrogens is 506 g/mol. The van der Waals surface area contributed by atoms with Gasteiger partial charge in [-0.15, -0.1) is 0 Å². The number of amides is 2. The van der Waals surface area contributed by atoms with Crippen molar-refractivity contribution in [1.29, 1.82) is 5.26 Å². The predicted molar refractivity (Wildman–Crippen MR) is 155 cm³/mol. The molecule has 0 unspecified atom stereocenters. The summed E-state index contributed by atoms with van der Waals surface area (Å²) in [5, 5.41) is 19.3. The fourth-order valence-electron chi connectivity index (χ4n) is 4.08. The first-order valence-electron chi connectivity index (χ1n) is 12.3. The van der Waals surface area contributed by atoms with Gasteiger partial charge in [-0.1, -0.05) is 24.3 Å². The Bertz CT molecular complexity index is 1700. The van der Waals surface area contributed by atoms with Crippen LogP contribution in [0.2, 0.25) is 0 Å². The average Bonchev–Trinajstić information content (AvgIpc) is 2.98. The van der Waals surface area contributed by atoms with Gasteiger partial charge in [0.2, 0.25) is 0 Å². The van der Waals surface area contributed by atoms with E-state index in [2.05, 4.69) is 27.0 Å². The topological polar surface area (TPSA) is 118 Å². The van der Waals surface area contributed by atoms with Gasteiger partial charge in [-0.05, 0) is 54.6 Å². The van der Waals surface area contributed by atoms with E-state index in [0.717, 1.165) is 11.1 Å². The monoisotopic (exact) mass is 531 g/mol. The van der Waals surface area contributed by atoms with Crippen molar-refractivity contribution >= 4 is 39.7 Å². The number of nitrogens with one attached hydrogen (secondary N) is 3. The highest BCUT2D eigenvalue weighted by Crippen LogP contribution is 2.37. The van der Waals surface area contributed by atoms with E-state index in [0.29, 0.717) is 51.1 Å². The third kappa shape index (κ3) is 5.87. The number of carbonyl (C=O) groups excluding carboxylic acids is 1. The molecule has 40 heavy (non-hydrogen) atoms. The Labute approximate surface area is 231 Å². The number of hydrogen-bond donors (Lipinski definition) is 3. The summed E-state index contributed by atoms with van der Waals surface area (Å²) in [4.78, 5) is 16.7. The molecule has 5 rings (SSSR count). The molecule has 0 saturated carbocycles. The summed E-state index contributed by atoms with van der Waals surface area (Å²) in [6, 6.07) is 29.0. The number of methoxy groups -OCH3 is 2. The van der Waals surface area contributed by atoms with Crippen LogP contribution in [-0.2, 0) is 0 Å². The molecule has 0 spiro atoms. The maximum Gasteiger partial charge on any atom is 0.323 e. The first-order valence-corrected chi connectivity index (χ1v) is 12.3. The number of hydrogen-bond acceptors (Lipinski definition) is 7. The van der Waals surface area contributed by atoms with E-state index in [9.17, 15) is 10.1 Å². The van der Waals surface area contributed by atoms with Crippen LogP contribution in [0.5, 0.6) is 23.0 Å². The van der Waals surface area contributed by atoms with Crippen molar-refractivity contribution in [3.8, 4) is 29.1 Å². The fourth-order valence-corrected chi connectivity index (χ4v) is 4.08. The molecule has 0 aliphatic carbocycles. The minimum atomic E-state index is -0.352.